The van der Waals surface area contributed by atoms with E-state index >= 15 is 0 Å². The van der Waals surface area contributed by atoms with E-state index in [1.807, 2.05) is 25.1 Å². The molecule has 0 atom stereocenters. The van der Waals surface area contributed by atoms with Crippen LogP contribution in [0.3, 0.4) is 0 Å². The second-order valence-corrected chi connectivity index (χ2v) is 2.56. The molecule has 1 rings (SSSR count). The highest BCUT2D eigenvalue weighted by atomic mass is 35.5. The van der Waals surface area contributed by atoms with E-state index in [1.165, 1.54) is 0 Å². The summed E-state index contributed by atoms with van der Waals surface area (Å²) in [4.78, 5) is 0. The van der Waals surface area contributed by atoms with Crippen molar-refractivity contribution in [3.05, 3.63) is 35.4 Å². The Bertz CT molecular complexity index is 283. The van der Waals surface area contributed by atoms with Gasteiger partial charge < -0.3 is 5.21 Å². The van der Waals surface area contributed by atoms with Crippen molar-refractivity contribution < 1.29 is 5.21 Å². The average Bonchev–Trinajstić information content (AvgIpc) is 2.04. The van der Waals surface area contributed by atoms with Crippen LogP contribution in [-0.4, -0.2) is 10.4 Å². The van der Waals surface area contributed by atoms with Crippen LogP contribution >= 0.6 is 11.6 Å². The van der Waals surface area contributed by atoms with Crippen LogP contribution < -0.4 is 0 Å². The minimum Gasteiger partial charge on any atom is -0.410 e. The zero-order valence-electron chi connectivity index (χ0n) is 6.08. The van der Waals surface area contributed by atoms with Crippen molar-refractivity contribution >= 4 is 16.8 Å². The summed E-state index contributed by atoms with van der Waals surface area (Å²) in [6, 6.07) is 7.45. The molecule has 0 heterocycles. The van der Waals surface area contributed by atoms with Crippen LogP contribution in [-0.2, 0) is 0 Å². The van der Waals surface area contributed by atoms with Gasteiger partial charge in [-0.15, -0.1) is 0 Å². The lowest BCUT2D eigenvalue weighted by molar-refractivity contribution is 0.321. The van der Waals surface area contributed by atoms with Crippen LogP contribution in [0.25, 0.3) is 0 Å². The van der Waals surface area contributed by atoms with Crippen molar-refractivity contribution in [3.8, 4) is 0 Å². The summed E-state index contributed by atoms with van der Waals surface area (Å²) in [6.45, 7) is 1.91. The molecule has 0 saturated heterocycles. The minimum atomic E-state index is 0.128. The molecule has 2 nitrogen and oxygen atoms in total. The van der Waals surface area contributed by atoms with Gasteiger partial charge in [0.2, 0.25) is 0 Å². The molecular weight excluding hydrogens is 162 g/mol. The summed E-state index contributed by atoms with van der Waals surface area (Å²) < 4.78 is 0. The summed E-state index contributed by atoms with van der Waals surface area (Å²) in [5, 5.41) is 11.4. The average molecular weight is 170 g/mol. The van der Waals surface area contributed by atoms with Gasteiger partial charge in [0.15, 0.2) is 5.17 Å². The molecule has 0 radical (unpaired) electrons. The van der Waals surface area contributed by atoms with E-state index in [9.17, 15) is 0 Å². The molecule has 0 unspecified atom stereocenters. The molecule has 0 aromatic heterocycles. The van der Waals surface area contributed by atoms with Gasteiger partial charge in [-0.3, -0.25) is 0 Å². The van der Waals surface area contributed by atoms with E-state index < -0.39 is 0 Å². The normalized spacial score (nSPS) is 11.6. The van der Waals surface area contributed by atoms with E-state index in [-0.39, 0.29) is 5.17 Å². The Hall–Kier alpha value is -1.02. The number of nitrogens with zero attached hydrogens (tertiary/aromatic N) is 1. The van der Waals surface area contributed by atoms with Crippen molar-refractivity contribution in [1.82, 2.24) is 0 Å². The van der Waals surface area contributed by atoms with Crippen molar-refractivity contribution in [2.45, 2.75) is 6.92 Å². The third-order valence-corrected chi connectivity index (χ3v) is 1.73. The number of hydrogen-bond acceptors (Lipinski definition) is 2. The van der Waals surface area contributed by atoms with Crippen LogP contribution in [0.1, 0.15) is 11.1 Å². The topological polar surface area (TPSA) is 32.6 Å². The van der Waals surface area contributed by atoms with Crippen LogP contribution in [0.2, 0.25) is 0 Å². The van der Waals surface area contributed by atoms with Crippen LogP contribution in [0.15, 0.2) is 29.4 Å². The van der Waals surface area contributed by atoms with Gasteiger partial charge in [-0.2, -0.15) is 0 Å². The Morgan fingerprint density at radius 1 is 1.45 bits per heavy atom. The molecule has 3 heteroatoms. The van der Waals surface area contributed by atoms with Gasteiger partial charge >= 0.3 is 0 Å². The standard InChI is InChI=1S/C8H8ClNO/c1-6-4-2-3-5-7(6)8(9)10-11/h2-5,11H,1H3/b10-8+. The monoisotopic (exact) mass is 169 g/mol. The lowest BCUT2D eigenvalue weighted by Crippen LogP contribution is -1.93. The van der Waals surface area contributed by atoms with Crippen LogP contribution in [0.4, 0.5) is 0 Å². The smallest absolute Gasteiger partial charge is 0.175 e. The lowest BCUT2D eigenvalue weighted by atomic mass is 10.1. The fraction of sp³-hybridized carbons (Fsp3) is 0.125. The molecule has 0 bridgehead atoms. The Morgan fingerprint density at radius 3 is 2.64 bits per heavy atom. The van der Waals surface area contributed by atoms with E-state index in [2.05, 4.69) is 5.16 Å². The fourth-order valence-electron chi connectivity index (χ4n) is 0.858. The highest BCUT2D eigenvalue weighted by molar-refractivity contribution is 6.69. The molecule has 1 N–H and O–H groups in total. The van der Waals surface area contributed by atoms with E-state index in [0.29, 0.717) is 0 Å². The quantitative estimate of drug-likeness (QED) is 0.391. The summed E-state index contributed by atoms with van der Waals surface area (Å²) in [5.74, 6) is 0. The number of benzene rings is 1. The van der Waals surface area contributed by atoms with Crippen LogP contribution in [0, 0.1) is 6.92 Å². The van der Waals surface area contributed by atoms with Crippen molar-refractivity contribution in [3.63, 3.8) is 0 Å². The first kappa shape index (κ1) is 8.08. The molecule has 0 aliphatic heterocycles. The number of oxime groups is 1. The summed E-state index contributed by atoms with van der Waals surface area (Å²) >= 11 is 5.60. The summed E-state index contributed by atoms with van der Waals surface area (Å²) in [5.41, 5.74) is 1.76. The van der Waals surface area contributed by atoms with Gasteiger partial charge in [-0.05, 0) is 12.5 Å². The minimum absolute atomic E-state index is 0.128. The largest absolute Gasteiger partial charge is 0.410 e. The van der Waals surface area contributed by atoms with Gasteiger partial charge in [0.05, 0.1) is 0 Å². The van der Waals surface area contributed by atoms with E-state index in [0.717, 1.165) is 11.1 Å². The molecule has 0 spiro atoms. The predicted octanol–water partition coefficient (Wildman–Crippen LogP) is 2.37. The first-order chi connectivity index (χ1) is 5.25. The van der Waals surface area contributed by atoms with Crippen molar-refractivity contribution in [2.75, 3.05) is 0 Å². The SMILES string of the molecule is Cc1ccccc1/C(Cl)=N\O. The lowest BCUT2D eigenvalue weighted by Gasteiger charge is -1.99. The highest BCUT2D eigenvalue weighted by Crippen LogP contribution is 2.10. The highest BCUT2D eigenvalue weighted by Gasteiger charge is 2.01. The molecule has 0 aliphatic rings. The molecule has 0 fully saturated rings. The van der Waals surface area contributed by atoms with Crippen molar-refractivity contribution in [2.24, 2.45) is 5.16 Å². The van der Waals surface area contributed by atoms with E-state index in [4.69, 9.17) is 16.8 Å². The second kappa shape index (κ2) is 3.39. The first-order valence-corrected chi connectivity index (χ1v) is 3.57. The van der Waals surface area contributed by atoms with Gasteiger partial charge in [0.1, 0.15) is 0 Å². The molecular formula is C8H8ClNO. The first-order valence-electron chi connectivity index (χ1n) is 3.19. The Balaban J connectivity index is 3.14. The van der Waals surface area contributed by atoms with Gasteiger partial charge in [0, 0.05) is 5.56 Å². The molecule has 0 aliphatic carbocycles. The zero-order chi connectivity index (χ0) is 8.27. The van der Waals surface area contributed by atoms with Gasteiger partial charge in [0.25, 0.3) is 0 Å². The molecule has 58 valence electrons. The molecule has 0 saturated carbocycles. The predicted molar refractivity (Wildman–Crippen MR) is 45.4 cm³/mol. The number of halogens is 1. The van der Waals surface area contributed by atoms with Crippen molar-refractivity contribution in [1.29, 1.82) is 0 Å². The maximum absolute atomic E-state index is 8.37. The molecule has 11 heavy (non-hydrogen) atoms. The summed E-state index contributed by atoms with van der Waals surface area (Å²) in [6.07, 6.45) is 0. The third kappa shape index (κ3) is 1.71. The number of hydrogen-bond donors (Lipinski definition) is 1. The molecule has 1 aromatic carbocycles. The molecule has 1 aromatic rings. The second-order valence-electron chi connectivity index (χ2n) is 2.21. The summed E-state index contributed by atoms with van der Waals surface area (Å²) in [7, 11) is 0. The maximum Gasteiger partial charge on any atom is 0.175 e. The number of aryl methyl sites for hydroxylation is 1. The third-order valence-electron chi connectivity index (χ3n) is 1.46. The zero-order valence-corrected chi connectivity index (χ0v) is 6.84. The Labute approximate surface area is 70.1 Å². The van der Waals surface area contributed by atoms with Gasteiger partial charge in [-0.25, -0.2) is 0 Å². The fourth-order valence-corrected chi connectivity index (χ4v) is 1.07. The van der Waals surface area contributed by atoms with E-state index in [1.54, 1.807) is 6.07 Å². The Morgan fingerprint density at radius 2 is 2.09 bits per heavy atom. The Kier molecular flexibility index (Phi) is 2.49. The number of rotatable bonds is 1. The van der Waals surface area contributed by atoms with Crippen LogP contribution in [0.5, 0.6) is 0 Å². The van der Waals surface area contributed by atoms with Gasteiger partial charge in [-0.1, -0.05) is 41.0 Å². The maximum atomic E-state index is 8.37. The molecule has 0 amide bonds.